The van der Waals surface area contributed by atoms with Crippen LogP contribution in [0.15, 0.2) is 47.8 Å². The Morgan fingerprint density at radius 3 is 2.29 bits per heavy atom. The van der Waals surface area contributed by atoms with Crippen molar-refractivity contribution in [3.8, 4) is 0 Å². The first kappa shape index (κ1) is 21.4. The van der Waals surface area contributed by atoms with Gasteiger partial charge in [0.15, 0.2) is 0 Å². The van der Waals surface area contributed by atoms with Crippen molar-refractivity contribution in [3.63, 3.8) is 0 Å². The van der Waals surface area contributed by atoms with Gasteiger partial charge in [-0.15, -0.1) is 11.3 Å². The van der Waals surface area contributed by atoms with Crippen molar-refractivity contribution in [2.45, 2.75) is 58.5 Å². The molecule has 0 fully saturated rings. The van der Waals surface area contributed by atoms with Gasteiger partial charge >= 0.3 is 65.5 Å². The Bertz CT molecular complexity index is 540. The van der Waals surface area contributed by atoms with E-state index in [0.717, 1.165) is 51.8 Å². The normalized spacial score (nSPS) is 11.3. The second kappa shape index (κ2) is 13.6. The molecule has 1 atom stereocenters. The molecule has 4 heteroatoms. The van der Waals surface area contributed by atoms with E-state index in [9.17, 15) is 4.79 Å². The van der Waals surface area contributed by atoms with E-state index in [1.807, 2.05) is 17.5 Å². The molecule has 1 unspecified atom stereocenters. The number of benzene rings is 1. The van der Waals surface area contributed by atoms with E-state index >= 15 is 0 Å². The Hall–Kier alpha value is -0.675. The third-order valence-corrected chi connectivity index (χ3v) is 6.26. The van der Waals surface area contributed by atoms with E-state index < -0.39 is 0 Å². The predicted octanol–water partition coefficient (Wildman–Crippen LogP) is 5.51. The van der Waals surface area contributed by atoms with Crippen LogP contribution < -0.4 is 3.07 Å². The van der Waals surface area contributed by atoms with Gasteiger partial charge in [-0.1, -0.05) is 39.2 Å². The molecule has 2 nitrogen and oxygen atoms in total. The maximum absolute atomic E-state index is 11.8. The van der Waals surface area contributed by atoms with E-state index in [2.05, 4.69) is 44.2 Å². The molecule has 24 heavy (non-hydrogen) atoms. The summed E-state index contributed by atoms with van der Waals surface area (Å²) < 4.78 is 7.07. The van der Waals surface area contributed by atoms with E-state index in [0.29, 0.717) is 4.88 Å². The molecule has 1 aromatic carbocycles. The van der Waals surface area contributed by atoms with Crippen LogP contribution in [0.25, 0.3) is 0 Å². The van der Waals surface area contributed by atoms with Crippen LogP contribution in [-0.4, -0.2) is 12.1 Å². The van der Waals surface area contributed by atoms with E-state index in [1.54, 1.807) is 0 Å². The molecular weight excluding hydrogens is 505 g/mol. The summed E-state index contributed by atoms with van der Waals surface area (Å²) in [5.74, 6) is -0.157. The number of unbranched alkanes of at least 4 members (excludes halogenated alkanes) is 2. The van der Waals surface area contributed by atoms with Gasteiger partial charge in [-0.05, 0) is 30.7 Å². The number of esters is 1. The SMILES string of the molecule is CCCCCC(CCC)OC(=O)c1cccs1.[Hg][c]1ccccc1. The maximum atomic E-state index is 11.8. The molecule has 1 aromatic heterocycles. The van der Waals surface area contributed by atoms with Crippen molar-refractivity contribution < 1.29 is 35.7 Å². The molecule has 0 radical (unpaired) electrons. The summed E-state index contributed by atoms with van der Waals surface area (Å²) in [6.45, 7) is 4.32. The molecule has 0 saturated heterocycles. The van der Waals surface area contributed by atoms with E-state index in [1.165, 1.54) is 27.3 Å². The Labute approximate surface area is 166 Å². The van der Waals surface area contributed by atoms with Crippen molar-refractivity contribution in [1.82, 2.24) is 0 Å². The number of carbonyl (C=O) groups is 1. The fourth-order valence-electron chi connectivity index (χ4n) is 2.29. The van der Waals surface area contributed by atoms with Gasteiger partial charge < -0.3 is 4.74 Å². The monoisotopic (exact) mass is 533 g/mol. The van der Waals surface area contributed by atoms with Gasteiger partial charge in [0.25, 0.3) is 0 Å². The minimum atomic E-state index is -0.157. The first-order valence-electron chi connectivity index (χ1n) is 8.78. The van der Waals surface area contributed by atoms with Crippen molar-refractivity contribution in [1.29, 1.82) is 0 Å². The van der Waals surface area contributed by atoms with Gasteiger partial charge in [0, 0.05) is 0 Å². The topological polar surface area (TPSA) is 26.3 Å². The molecule has 0 spiro atoms. The molecule has 0 aliphatic rings. The molecule has 0 bridgehead atoms. The number of hydrogen-bond acceptors (Lipinski definition) is 3. The van der Waals surface area contributed by atoms with E-state index in [4.69, 9.17) is 4.74 Å². The number of ether oxygens (including phenoxy) is 1. The molecule has 0 aliphatic carbocycles. The summed E-state index contributed by atoms with van der Waals surface area (Å²) in [6, 6.07) is 14.3. The van der Waals surface area contributed by atoms with Crippen LogP contribution in [-0.2, 0) is 30.9 Å². The molecular formula is C20H27HgO2S. The van der Waals surface area contributed by atoms with Gasteiger partial charge in [0.05, 0.1) is 0 Å². The van der Waals surface area contributed by atoms with Gasteiger partial charge in [-0.2, -0.15) is 0 Å². The summed E-state index contributed by atoms with van der Waals surface area (Å²) in [5, 5.41) is 1.91. The molecule has 0 N–H and O–H groups in total. The first-order valence-corrected chi connectivity index (χ1v) is 12.4. The quantitative estimate of drug-likeness (QED) is 0.255. The number of thiophene rings is 1. The molecule has 127 valence electrons. The van der Waals surface area contributed by atoms with Crippen molar-refractivity contribution >= 4 is 20.4 Å². The molecule has 2 rings (SSSR count). The zero-order valence-electron chi connectivity index (χ0n) is 14.9. The fraction of sp³-hybridized carbons (Fsp3) is 0.450. The van der Waals surface area contributed by atoms with Crippen molar-refractivity contribution in [3.05, 3.63) is 52.7 Å². The summed E-state index contributed by atoms with van der Waals surface area (Å²) in [7, 11) is 0. The summed E-state index contributed by atoms with van der Waals surface area (Å²) >= 11 is 2.25. The molecule has 0 aliphatic heterocycles. The van der Waals surface area contributed by atoms with Crippen LogP contribution in [0.2, 0.25) is 0 Å². The zero-order valence-corrected chi connectivity index (χ0v) is 21.2. The van der Waals surface area contributed by atoms with Crippen LogP contribution in [0, 0.1) is 0 Å². The molecule has 0 saturated carbocycles. The third kappa shape index (κ3) is 9.58. The van der Waals surface area contributed by atoms with Gasteiger partial charge in [-0.25, -0.2) is 4.79 Å². The van der Waals surface area contributed by atoms with Gasteiger partial charge in [-0.3, -0.25) is 0 Å². The summed E-state index contributed by atoms with van der Waals surface area (Å²) in [5.41, 5.74) is 0. The minimum absolute atomic E-state index is 0.0983. The van der Waals surface area contributed by atoms with Gasteiger partial charge in [0.1, 0.15) is 11.0 Å². The summed E-state index contributed by atoms with van der Waals surface area (Å²) in [4.78, 5) is 12.5. The first-order chi connectivity index (χ1) is 11.7. The van der Waals surface area contributed by atoms with E-state index in [-0.39, 0.29) is 12.1 Å². The third-order valence-electron chi connectivity index (χ3n) is 3.58. The number of carbonyl (C=O) groups excluding carboxylic acids is 1. The van der Waals surface area contributed by atoms with Crippen LogP contribution >= 0.6 is 11.3 Å². The van der Waals surface area contributed by atoms with Crippen LogP contribution in [0.4, 0.5) is 0 Å². The average molecular weight is 532 g/mol. The van der Waals surface area contributed by atoms with Crippen LogP contribution in [0.3, 0.4) is 0 Å². The zero-order chi connectivity index (χ0) is 17.6. The molecule has 1 heterocycles. The number of rotatable bonds is 8. The molecule has 0 amide bonds. The standard InChI is InChI=1S/C14H22O2S.C6H5.Hg/c1-3-5-6-9-12(8-4-2)16-14(15)13-10-7-11-17-13;1-2-4-6-5-3-1;/h7,10-12H,3-6,8-9H2,1-2H3;1-5H;. The van der Waals surface area contributed by atoms with Crippen molar-refractivity contribution in [2.24, 2.45) is 0 Å². The van der Waals surface area contributed by atoms with Crippen LogP contribution in [0.1, 0.15) is 62.0 Å². The second-order valence-corrected chi connectivity index (χ2v) is 9.90. The van der Waals surface area contributed by atoms with Gasteiger partial charge in [0.2, 0.25) is 0 Å². The Morgan fingerprint density at radius 1 is 1.04 bits per heavy atom. The second-order valence-electron chi connectivity index (χ2n) is 5.77. The Kier molecular flexibility index (Phi) is 12.1. The predicted molar refractivity (Wildman–Crippen MR) is 98.6 cm³/mol. The van der Waals surface area contributed by atoms with Crippen LogP contribution in [0.5, 0.6) is 0 Å². The summed E-state index contributed by atoms with van der Waals surface area (Å²) in [6.07, 6.45) is 6.71. The molecule has 2 aromatic rings. The van der Waals surface area contributed by atoms with Crippen molar-refractivity contribution in [2.75, 3.05) is 0 Å². The Morgan fingerprint density at radius 2 is 1.79 bits per heavy atom. The Balaban J connectivity index is 0.000000341. The fourth-order valence-corrected chi connectivity index (χ4v) is 3.95. The number of hydrogen-bond donors (Lipinski definition) is 0. The average Bonchev–Trinajstić information content (AvgIpc) is 3.11.